The first-order chi connectivity index (χ1) is 6.92. The van der Waals surface area contributed by atoms with Crippen LogP contribution >= 0.6 is 0 Å². The molecule has 84 valence electrons. The zero-order valence-corrected chi connectivity index (χ0v) is 10.5. The van der Waals surface area contributed by atoms with Gasteiger partial charge in [0.05, 0.1) is 0 Å². The van der Waals surface area contributed by atoms with E-state index >= 15 is 0 Å². The van der Waals surface area contributed by atoms with Gasteiger partial charge in [-0.1, -0.05) is 26.0 Å². The minimum atomic E-state index is -0.117. The molecule has 15 heavy (non-hydrogen) atoms. The standard InChI is InChI=1S/C14H22O/c1-6-11(2)12-8-7-9-13(10-12)15-14(3,4)5/h7-11H,6H2,1-5H3. The molecule has 1 rings (SSSR count). The second kappa shape index (κ2) is 4.69. The van der Waals surface area contributed by atoms with Crippen LogP contribution < -0.4 is 4.74 Å². The summed E-state index contributed by atoms with van der Waals surface area (Å²) in [5, 5.41) is 0. The van der Waals surface area contributed by atoms with E-state index in [1.165, 1.54) is 12.0 Å². The molecule has 0 heterocycles. The minimum Gasteiger partial charge on any atom is -0.488 e. The predicted molar refractivity (Wildman–Crippen MR) is 65.5 cm³/mol. The lowest BCUT2D eigenvalue weighted by molar-refractivity contribution is 0.131. The molecule has 0 aliphatic carbocycles. The lowest BCUT2D eigenvalue weighted by Gasteiger charge is -2.22. The van der Waals surface area contributed by atoms with Gasteiger partial charge in [0.15, 0.2) is 0 Å². The van der Waals surface area contributed by atoms with Crippen LogP contribution in [-0.4, -0.2) is 5.60 Å². The van der Waals surface area contributed by atoms with Crippen molar-refractivity contribution in [1.82, 2.24) is 0 Å². The topological polar surface area (TPSA) is 9.23 Å². The van der Waals surface area contributed by atoms with Gasteiger partial charge in [0.1, 0.15) is 11.4 Å². The second-order valence-corrected chi connectivity index (χ2v) is 5.10. The number of hydrogen-bond donors (Lipinski definition) is 0. The molecular weight excluding hydrogens is 184 g/mol. The van der Waals surface area contributed by atoms with Crippen LogP contribution in [-0.2, 0) is 0 Å². The molecule has 0 aliphatic heterocycles. The van der Waals surface area contributed by atoms with Crippen molar-refractivity contribution in [3.63, 3.8) is 0 Å². The number of benzene rings is 1. The van der Waals surface area contributed by atoms with E-state index in [9.17, 15) is 0 Å². The number of ether oxygens (including phenoxy) is 1. The highest BCUT2D eigenvalue weighted by atomic mass is 16.5. The van der Waals surface area contributed by atoms with Crippen molar-refractivity contribution in [3.05, 3.63) is 29.8 Å². The average molecular weight is 206 g/mol. The summed E-state index contributed by atoms with van der Waals surface area (Å²) in [6.45, 7) is 10.7. The predicted octanol–water partition coefficient (Wildman–Crippen LogP) is 4.38. The molecule has 1 aromatic rings. The molecule has 1 atom stereocenters. The van der Waals surface area contributed by atoms with E-state index in [0.29, 0.717) is 5.92 Å². The molecule has 0 saturated heterocycles. The van der Waals surface area contributed by atoms with Crippen molar-refractivity contribution in [2.75, 3.05) is 0 Å². The van der Waals surface area contributed by atoms with Crippen molar-refractivity contribution in [2.45, 2.75) is 52.6 Å². The van der Waals surface area contributed by atoms with Crippen LogP contribution in [0.1, 0.15) is 52.5 Å². The molecule has 1 heteroatoms. The highest BCUT2D eigenvalue weighted by molar-refractivity contribution is 5.30. The zero-order chi connectivity index (χ0) is 11.5. The van der Waals surface area contributed by atoms with Gasteiger partial charge < -0.3 is 4.74 Å². The fraction of sp³-hybridized carbons (Fsp3) is 0.571. The summed E-state index contributed by atoms with van der Waals surface area (Å²) in [6.07, 6.45) is 1.17. The van der Waals surface area contributed by atoms with Crippen molar-refractivity contribution in [2.24, 2.45) is 0 Å². The summed E-state index contributed by atoms with van der Waals surface area (Å²) < 4.78 is 5.84. The van der Waals surface area contributed by atoms with E-state index in [4.69, 9.17) is 4.74 Å². The van der Waals surface area contributed by atoms with E-state index in [1.807, 2.05) is 6.07 Å². The molecule has 0 bridgehead atoms. The quantitative estimate of drug-likeness (QED) is 0.713. The Bertz CT molecular complexity index is 309. The molecule has 0 saturated carbocycles. The highest BCUT2D eigenvalue weighted by Crippen LogP contribution is 2.25. The molecule has 0 N–H and O–H groups in total. The van der Waals surface area contributed by atoms with E-state index in [2.05, 4.69) is 52.8 Å². The third-order valence-corrected chi connectivity index (χ3v) is 2.46. The van der Waals surface area contributed by atoms with Gasteiger partial charge in [-0.25, -0.2) is 0 Å². The Balaban J connectivity index is 2.83. The molecule has 0 fully saturated rings. The van der Waals surface area contributed by atoms with Crippen LogP contribution in [0.5, 0.6) is 5.75 Å². The second-order valence-electron chi connectivity index (χ2n) is 5.10. The van der Waals surface area contributed by atoms with Crippen LogP contribution in [0.4, 0.5) is 0 Å². The first-order valence-electron chi connectivity index (χ1n) is 5.71. The molecule has 0 amide bonds. The lowest BCUT2D eigenvalue weighted by Crippen LogP contribution is -2.22. The molecule has 0 aliphatic rings. The minimum absolute atomic E-state index is 0.117. The Morgan fingerprint density at radius 3 is 2.47 bits per heavy atom. The maximum absolute atomic E-state index is 5.84. The van der Waals surface area contributed by atoms with E-state index in [1.54, 1.807) is 0 Å². The fourth-order valence-corrected chi connectivity index (χ4v) is 1.47. The van der Waals surface area contributed by atoms with Crippen LogP contribution in [0.15, 0.2) is 24.3 Å². The van der Waals surface area contributed by atoms with Crippen LogP contribution in [0, 0.1) is 0 Å². The Hall–Kier alpha value is -0.980. The summed E-state index contributed by atoms with van der Waals surface area (Å²) >= 11 is 0. The third-order valence-electron chi connectivity index (χ3n) is 2.46. The summed E-state index contributed by atoms with van der Waals surface area (Å²) in [7, 11) is 0. The maximum Gasteiger partial charge on any atom is 0.120 e. The van der Waals surface area contributed by atoms with Gasteiger partial charge in [0.2, 0.25) is 0 Å². The Kier molecular flexibility index (Phi) is 3.78. The van der Waals surface area contributed by atoms with Crippen LogP contribution in [0.2, 0.25) is 0 Å². The molecule has 0 aromatic heterocycles. The van der Waals surface area contributed by atoms with E-state index in [-0.39, 0.29) is 5.60 Å². The molecule has 0 spiro atoms. The van der Waals surface area contributed by atoms with Gasteiger partial charge in [0, 0.05) is 0 Å². The van der Waals surface area contributed by atoms with Crippen molar-refractivity contribution >= 4 is 0 Å². The smallest absolute Gasteiger partial charge is 0.120 e. The van der Waals surface area contributed by atoms with Crippen molar-refractivity contribution in [1.29, 1.82) is 0 Å². The molecule has 1 aromatic carbocycles. The van der Waals surface area contributed by atoms with E-state index in [0.717, 1.165) is 5.75 Å². The first-order valence-corrected chi connectivity index (χ1v) is 5.71. The average Bonchev–Trinajstić information content (AvgIpc) is 2.14. The van der Waals surface area contributed by atoms with Gasteiger partial charge in [0.25, 0.3) is 0 Å². The van der Waals surface area contributed by atoms with Crippen molar-refractivity contribution < 1.29 is 4.74 Å². The lowest BCUT2D eigenvalue weighted by atomic mass is 9.98. The summed E-state index contributed by atoms with van der Waals surface area (Å²) in [6, 6.07) is 8.42. The third kappa shape index (κ3) is 3.94. The number of rotatable bonds is 3. The van der Waals surface area contributed by atoms with Crippen LogP contribution in [0.3, 0.4) is 0 Å². The van der Waals surface area contributed by atoms with Gasteiger partial charge >= 0.3 is 0 Å². The normalized spacial score (nSPS) is 13.7. The summed E-state index contributed by atoms with van der Waals surface area (Å²) in [5.74, 6) is 1.58. The van der Waals surface area contributed by atoms with Gasteiger partial charge in [-0.15, -0.1) is 0 Å². The molecule has 1 nitrogen and oxygen atoms in total. The molecule has 1 unspecified atom stereocenters. The van der Waals surface area contributed by atoms with Crippen LogP contribution in [0.25, 0.3) is 0 Å². The maximum atomic E-state index is 5.84. The summed E-state index contributed by atoms with van der Waals surface area (Å²) in [4.78, 5) is 0. The SMILES string of the molecule is CCC(C)c1cccc(OC(C)(C)C)c1. The summed E-state index contributed by atoms with van der Waals surface area (Å²) in [5.41, 5.74) is 1.24. The number of hydrogen-bond acceptors (Lipinski definition) is 1. The van der Waals surface area contributed by atoms with Gasteiger partial charge in [-0.2, -0.15) is 0 Å². The van der Waals surface area contributed by atoms with Crippen molar-refractivity contribution in [3.8, 4) is 5.75 Å². The highest BCUT2D eigenvalue weighted by Gasteiger charge is 2.12. The largest absolute Gasteiger partial charge is 0.488 e. The Morgan fingerprint density at radius 2 is 1.93 bits per heavy atom. The molecular formula is C14H22O. The first kappa shape index (κ1) is 12.1. The zero-order valence-electron chi connectivity index (χ0n) is 10.5. The monoisotopic (exact) mass is 206 g/mol. The Labute approximate surface area is 93.5 Å². The van der Waals surface area contributed by atoms with Gasteiger partial charge in [-0.3, -0.25) is 0 Å². The van der Waals surface area contributed by atoms with Gasteiger partial charge in [-0.05, 0) is 50.8 Å². The fourth-order valence-electron chi connectivity index (χ4n) is 1.47. The molecule has 0 radical (unpaired) electrons. The van der Waals surface area contributed by atoms with E-state index < -0.39 is 0 Å². The Morgan fingerprint density at radius 1 is 1.27 bits per heavy atom.